The summed E-state index contributed by atoms with van der Waals surface area (Å²) in [6.07, 6.45) is 0. The summed E-state index contributed by atoms with van der Waals surface area (Å²) in [4.78, 5) is 22.4. The molecule has 7 nitrogen and oxygen atoms in total. The number of rotatable bonds is 4. The van der Waals surface area contributed by atoms with Gasteiger partial charge in [0.25, 0.3) is 11.6 Å². The van der Waals surface area contributed by atoms with Gasteiger partial charge in [-0.3, -0.25) is 20.2 Å². The van der Waals surface area contributed by atoms with Gasteiger partial charge in [0.1, 0.15) is 5.76 Å². The predicted octanol–water partition coefficient (Wildman–Crippen LogP) is 3.98. The first-order chi connectivity index (χ1) is 12.5. The van der Waals surface area contributed by atoms with Gasteiger partial charge in [-0.25, -0.2) is 0 Å². The van der Waals surface area contributed by atoms with Crippen LogP contribution in [0.4, 0.5) is 11.4 Å². The fourth-order valence-electron chi connectivity index (χ4n) is 2.21. The Hall–Kier alpha value is -3.52. The molecule has 3 aromatic rings. The summed E-state index contributed by atoms with van der Waals surface area (Å²) in [5.41, 5.74) is 1.36. The number of nitro groups is 1. The highest BCUT2D eigenvalue weighted by Crippen LogP contribution is 2.24. The number of hydrogen-bond acceptors (Lipinski definition) is 5. The second kappa shape index (κ2) is 7.58. The Kier molecular flexibility index (Phi) is 5.04. The van der Waals surface area contributed by atoms with E-state index in [1.807, 2.05) is 30.3 Å². The Morgan fingerprint density at radius 3 is 2.35 bits per heavy atom. The lowest BCUT2D eigenvalue weighted by Gasteiger charge is -2.08. The van der Waals surface area contributed by atoms with E-state index in [-0.39, 0.29) is 16.6 Å². The fraction of sp³-hybridized carbons (Fsp3) is 0. The molecule has 1 heterocycles. The zero-order chi connectivity index (χ0) is 18.5. The Morgan fingerprint density at radius 2 is 1.69 bits per heavy atom. The lowest BCUT2D eigenvalue weighted by atomic mass is 10.1. The summed E-state index contributed by atoms with van der Waals surface area (Å²) in [5, 5.41) is 16.3. The zero-order valence-electron chi connectivity index (χ0n) is 13.3. The van der Waals surface area contributed by atoms with Crippen LogP contribution in [0.25, 0.3) is 11.3 Å². The molecule has 0 fully saturated rings. The van der Waals surface area contributed by atoms with Crippen LogP contribution in [0.2, 0.25) is 0 Å². The third-order valence-corrected chi connectivity index (χ3v) is 3.66. The molecule has 26 heavy (non-hydrogen) atoms. The van der Waals surface area contributed by atoms with Crippen molar-refractivity contribution in [3.05, 3.63) is 82.6 Å². The number of carbonyl (C=O) groups excluding carboxylic acids is 1. The smallest absolute Gasteiger partial charge is 0.293 e. The number of benzene rings is 2. The number of nitrogens with zero attached hydrogens (tertiary/aromatic N) is 1. The van der Waals surface area contributed by atoms with Gasteiger partial charge in [-0.05, 0) is 48.6 Å². The van der Waals surface area contributed by atoms with E-state index in [1.165, 1.54) is 18.2 Å². The second-order valence-electron chi connectivity index (χ2n) is 5.24. The molecule has 130 valence electrons. The number of para-hydroxylation sites is 1. The third kappa shape index (κ3) is 4.11. The molecule has 0 atom stereocenters. The number of amides is 1. The normalized spacial score (nSPS) is 10.2. The standard InChI is InChI=1S/C18H13N3O4S/c22-17(20-18(26)19-13-4-2-1-3-5-13)16-11-10-15(25-16)12-6-8-14(9-7-12)21(23)24/h1-11H,(H2,19,20,22,26). The summed E-state index contributed by atoms with van der Waals surface area (Å²) in [5.74, 6) is 0.00846. The molecule has 0 saturated heterocycles. The van der Waals surface area contributed by atoms with Crippen LogP contribution < -0.4 is 10.6 Å². The van der Waals surface area contributed by atoms with Crippen LogP contribution in [-0.2, 0) is 0 Å². The van der Waals surface area contributed by atoms with Gasteiger partial charge >= 0.3 is 0 Å². The monoisotopic (exact) mass is 367 g/mol. The fourth-order valence-corrected chi connectivity index (χ4v) is 2.42. The minimum absolute atomic E-state index is 0.0180. The lowest BCUT2D eigenvalue weighted by Crippen LogP contribution is -2.33. The van der Waals surface area contributed by atoms with Crippen molar-refractivity contribution in [2.45, 2.75) is 0 Å². The third-order valence-electron chi connectivity index (χ3n) is 3.45. The average molecular weight is 367 g/mol. The molecule has 0 aliphatic heterocycles. The van der Waals surface area contributed by atoms with Crippen LogP contribution in [0.1, 0.15) is 10.6 Å². The van der Waals surface area contributed by atoms with Gasteiger partial charge in [0.2, 0.25) is 0 Å². The van der Waals surface area contributed by atoms with Crippen molar-refractivity contribution in [1.82, 2.24) is 5.32 Å². The van der Waals surface area contributed by atoms with Gasteiger partial charge in [-0.1, -0.05) is 18.2 Å². The maximum atomic E-state index is 12.2. The molecule has 0 bridgehead atoms. The second-order valence-corrected chi connectivity index (χ2v) is 5.65. The van der Waals surface area contributed by atoms with Gasteiger partial charge in [-0.2, -0.15) is 0 Å². The van der Waals surface area contributed by atoms with E-state index in [9.17, 15) is 14.9 Å². The topological polar surface area (TPSA) is 97.4 Å². The van der Waals surface area contributed by atoms with Crippen molar-refractivity contribution in [3.63, 3.8) is 0 Å². The Labute approximate surface area is 153 Å². The van der Waals surface area contributed by atoms with E-state index in [0.29, 0.717) is 11.3 Å². The van der Waals surface area contributed by atoms with Crippen molar-refractivity contribution in [2.75, 3.05) is 5.32 Å². The largest absolute Gasteiger partial charge is 0.451 e. The maximum Gasteiger partial charge on any atom is 0.293 e. The van der Waals surface area contributed by atoms with Crippen molar-refractivity contribution in [3.8, 4) is 11.3 Å². The molecule has 0 radical (unpaired) electrons. The van der Waals surface area contributed by atoms with Crippen LogP contribution in [-0.4, -0.2) is 15.9 Å². The summed E-state index contributed by atoms with van der Waals surface area (Å²) in [6, 6.07) is 18.2. The van der Waals surface area contributed by atoms with Gasteiger partial charge in [0.15, 0.2) is 10.9 Å². The molecule has 2 aromatic carbocycles. The molecular formula is C18H13N3O4S. The first kappa shape index (κ1) is 17.3. The SMILES string of the molecule is O=C(NC(=S)Nc1ccccc1)c1ccc(-c2ccc([N+](=O)[O-])cc2)o1. The van der Waals surface area contributed by atoms with E-state index < -0.39 is 10.8 Å². The van der Waals surface area contributed by atoms with Gasteiger partial charge < -0.3 is 9.73 Å². The molecule has 1 aromatic heterocycles. The molecule has 8 heteroatoms. The molecule has 3 rings (SSSR count). The minimum Gasteiger partial charge on any atom is -0.451 e. The lowest BCUT2D eigenvalue weighted by molar-refractivity contribution is -0.384. The highest BCUT2D eigenvalue weighted by Gasteiger charge is 2.14. The molecular weight excluding hydrogens is 354 g/mol. The summed E-state index contributed by atoms with van der Waals surface area (Å²) >= 11 is 5.10. The number of nitro benzene ring substituents is 1. The van der Waals surface area contributed by atoms with E-state index in [4.69, 9.17) is 16.6 Å². The average Bonchev–Trinajstić information content (AvgIpc) is 3.13. The maximum absolute atomic E-state index is 12.2. The number of non-ortho nitro benzene ring substituents is 1. The van der Waals surface area contributed by atoms with Crippen molar-refractivity contribution >= 4 is 34.6 Å². The first-order valence-electron chi connectivity index (χ1n) is 7.55. The van der Waals surface area contributed by atoms with Gasteiger partial charge in [-0.15, -0.1) is 0 Å². The van der Waals surface area contributed by atoms with E-state index >= 15 is 0 Å². The Morgan fingerprint density at radius 1 is 1.00 bits per heavy atom. The highest BCUT2D eigenvalue weighted by atomic mass is 32.1. The highest BCUT2D eigenvalue weighted by molar-refractivity contribution is 7.80. The molecule has 0 unspecified atom stereocenters. The van der Waals surface area contributed by atoms with Crippen LogP contribution >= 0.6 is 12.2 Å². The molecule has 2 N–H and O–H groups in total. The van der Waals surface area contributed by atoms with Crippen molar-refractivity contribution in [2.24, 2.45) is 0 Å². The summed E-state index contributed by atoms with van der Waals surface area (Å²) < 4.78 is 5.51. The Balaban J connectivity index is 1.66. The van der Waals surface area contributed by atoms with Crippen molar-refractivity contribution in [1.29, 1.82) is 0 Å². The number of anilines is 1. The van der Waals surface area contributed by atoms with E-state index in [2.05, 4.69) is 10.6 Å². The van der Waals surface area contributed by atoms with E-state index in [0.717, 1.165) is 5.69 Å². The van der Waals surface area contributed by atoms with Crippen LogP contribution in [0, 0.1) is 10.1 Å². The number of carbonyl (C=O) groups is 1. The number of furan rings is 1. The number of hydrogen-bond donors (Lipinski definition) is 2. The Bertz CT molecular complexity index is 952. The molecule has 0 spiro atoms. The first-order valence-corrected chi connectivity index (χ1v) is 7.96. The van der Waals surface area contributed by atoms with Crippen LogP contribution in [0.5, 0.6) is 0 Å². The van der Waals surface area contributed by atoms with E-state index in [1.54, 1.807) is 18.2 Å². The van der Waals surface area contributed by atoms with Gasteiger partial charge in [0, 0.05) is 23.4 Å². The van der Waals surface area contributed by atoms with Crippen LogP contribution in [0.3, 0.4) is 0 Å². The quantitative estimate of drug-likeness (QED) is 0.411. The van der Waals surface area contributed by atoms with Gasteiger partial charge in [0.05, 0.1) is 4.92 Å². The molecule has 0 aliphatic rings. The number of thiocarbonyl (C=S) groups is 1. The summed E-state index contributed by atoms with van der Waals surface area (Å²) in [6.45, 7) is 0. The van der Waals surface area contributed by atoms with Crippen LogP contribution in [0.15, 0.2) is 71.1 Å². The van der Waals surface area contributed by atoms with Crippen molar-refractivity contribution < 1.29 is 14.1 Å². The summed E-state index contributed by atoms with van der Waals surface area (Å²) in [7, 11) is 0. The zero-order valence-corrected chi connectivity index (χ0v) is 14.2. The molecule has 1 amide bonds. The number of nitrogens with one attached hydrogen (secondary N) is 2. The minimum atomic E-state index is -0.494. The predicted molar refractivity (Wildman–Crippen MR) is 101 cm³/mol. The molecule has 0 saturated carbocycles. The molecule has 0 aliphatic carbocycles.